The minimum absolute atomic E-state index is 0.198. The van der Waals surface area contributed by atoms with Crippen molar-refractivity contribution in [3.8, 4) is 11.8 Å². The van der Waals surface area contributed by atoms with E-state index in [0.29, 0.717) is 11.8 Å². The topological polar surface area (TPSA) is 56.3 Å². The van der Waals surface area contributed by atoms with E-state index in [9.17, 15) is 0 Å². The molecule has 2 rings (SSSR count). The van der Waals surface area contributed by atoms with E-state index < -0.39 is 0 Å². The van der Waals surface area contributed by atoms with Crippen molar-refractivity contribution in [2.75, 3.05) is 20.2 Å². The number of ether oxygens (including phenoxy) is 2. The highest BCUT2D eigenvalue weighted by atomic mass is 16.5. The van der Waals surface area contributed by atoms with E-state index in [1.807, 2.05) is 0 Å². The Balaban J connectivity index is 1.95. The normalized spacial score (nSPS) is 20.8. The molecule has 76 valence electrons. The molecule has 5 nitrogen and oxygen atoms in total. The van der Waals surface area contributed by atoms with Crippen molar-refractivity contribution >= 4 is 0 Å². The maximum absolute atomic E-state index is 5.53. The fraction of sp³-hybridized carbons (Fsp3) is 0.556. The van der Waals surface area contributed by atoms with Gasteiger partial charge >= 0.3 is 6.01 Å². The smallest absolute Gasteiger partial charge is 0.316 e. The number of aromatic nitrogens is 2. The SMILES string of the molecule is COc1cnc(O[C@H]2CCNC2)nc1. The molecule has 0 aliphatic carbocycles. The van der Waals surface area contributed by atoms with Crippen LogP contribution in [0, 0.1) is 0 Å². The maximum Gasteiger partial charge on any atom is 0.316 e. The summed E-state index contributed by atoms with van der Waals surface area (Å²) in [6.45, 7) is 1.87. The Hall–Kier alpha value is -1.36. The summed E-state index contributed by atoms with van der Waals surface area (Å²) in [6, 6.07) is 0.416. The van der Waals surface area contributed by atoms with E-state index in [4.69, 9.17) is 9.47 Å². The number of methoxy groups -OCH3 is 1. The molecule has 0 spiro atoms. The van der Waals surface area contributed by atoms with Gasteiger partial charge in [0.25, 0.3) is 0 Å². The molecule has 0 aromatic carbocycles. The molecule has 0 radical (unpaired) electrons. The highest BCUT2D eigenvalue weighted by Crippen LogP contribution is 2.12. The van der Waals surface area contributed by atoms with E-state index in [1.54, 1.807) is 19.5 Å². The van der Waals surface area contributed by atoms with Gasteiger partial charge in [0.05, 0.1) is 19.5 Å². The molecule has 1 aliphatic rings. The monoisotopic (exact) mass is 195 g/mol. The Morgan fingerprint density at radius 1 is 1.43 bits per heavy atom. The van der Waals surface area contributed by atoms with Crippen LogP contribution < -0.4 is 14.8 Å². The van der Waals surface area contributed by atoms with Crippen molar-refractivity contribution < 1.29 is 9.47 Å². The minimum atomic E-state index is 0.198. The van der Waals surface area contributed by atoms with Crippen LogP contribution in [-0.2, 0) is 0 Å². The van der Waals surface area contributed by atoms with Gasteiger partial charge < -0.3 is 14.8 Å². The number of nitrogens with one attached hydrogen (secondary N) is 1. The van der Waals surface area contributed by atoms with Gasteiger partial charge in [-0.15, -0.1) is 0 Å². The molecule has 5 heteroatoms. The lowest BCUT2D eigenvalue weighted by atomic mass is 10.3. The van der Waals surface area contributed by atoms with E-state index in [2.05, 4.69) is 15.3 Å². The zero-order chi connectivity index (χ0) is 9.80. The van der Waals surface area contributed by atoms with Crippen LogP contribution >= 0.6 is 0 Å². The summed E-state index contributed by atoms with van der Waals surface area (Å²) in [5.74, 6) is 0.641. The van der Waals surface area contributed by atoms with Crippen molar-refractivity contribution in [3.05, 3.63) is 12.4 Å². The summed E-state index contributed by atoms with van der Waals surface area (Å²) >= 11 is 0. The molecule has 0 saturated carbocycles. The highest BCUT2D eigenvalue weighted by molar-refractivity contribution is 5.13. The molecule has 0 amide bonds. The lowest BCUT2D eigenvalue weighted by Crippen LogP contribution is -2.20. The molecule has 0 unspecified atom stereocenters. The Morgan fingerprint density at radius 2 is 2.21 bits per heavy atom. The van der Waals surface area contributed by atoms with Crippen LogP contribution in [0.4, 0.5) is 0 Å². The Labute approximate surface area is 82.5 Å². The van der Waals surface area contributed by atoms with Gasteiger partial charge in [-0.05, 0) is 13.0 Å². The maximum atomic E-state index is 5.53. The van der Waals surface area contributed by atoms with Gasteiger partial charge in [-0.25, -0.2) is 0 Å². The summed E-state index contributed by atoms with van der Waals surface area (Å²) in [6.07, 6.45) is 4.41. The number of hydrogen-bond donors (Lipinski definition) is 1. The summed E-state index contributed by atoms with van der Waals surface area (Å²) in [5, 5.41) is 3.21. The van der Waals surface area contributed by atoms with Gasteiger partial charge in [-0.2, -0.15) is 9.97 Å². The molecule has 1 aromatic rings. The van der Waals surface area contributed by atoms with E-state index in [-0.39, 0.29) is 6.10 Å². The zero-order valence-electron chi connectivity index (χ0n) is 8.06. The van der Waals surface area contributed by atoms with E-state index in [1.165, 1.54) is 0 Å². The summed E-state index contributed by atoms with van der Waals surface area (Å²) in [5.41, 5.74) is 0. The van der Waals surface area contributed by atoms with Gasteiger partial charge in [-0.1, -0.05) is 0 Å². The van der Waals surface area contributed by atoms with Crippen molar-refractivity contribution in [1.29, 1.82) is 0 Å². The van der Waals surface area contributed by atoms with Gasteiger partial charge in [0.15, 0.2) is 5.75 Å². The molecule has 1 aromatic heterocycles. The highest BCUT2D eigenvalue weighted by Gasteiger charge is 2.16. The van der Waals surface area contributed by atoms with Gasteiger partial charge in [-0.3, -0.25) is 0 Å². The number of rotatable bonds is 3. The first-order valence-electron chi connectivity index (χ1n) is 4.62. The predicted octanol–water partition coefficient (Wildman–Crippen LogP) is 0.226. The predicted molar refractivity (Wildman–Crippen MR) is 50.5 cm³/mol. The number of hydrogen-bond acceptors (Lipinski definition) is 5. The van der Waals surface area contributed by atoms with Crippen molar-refractivity contribution in [2.45, 2.75) is 12.5 Å². The van der Waals surface area contributed by atoms with Crippen LogP contribution in [0.1, 0.15) is 6.42 Å². The van der Waals surface area contributed by atoms with E-state index >= 15 is 0 Å². The molecular formula is C9H13N3O2. The molecule has 0 bridgehead atoms. The lowest BCUT2D eigenvalue weighted by molar-refractivity contribution is 0.203. The van der Waals surface area contributed by atoms with Gasteiger partial charge in [0.1, 0.15) is 6.10 Å². The molecule has 1 N–H and O–H groups in total. The first-order valence-corrected chi connectivity index (χ1v) is 4.62. The minimum Gasteiger partial charge on any atom is -0.494 e. The van der Waals surface area contributed by atoms with Crippen LogP contribution in [0.25, 0.3) is 0 Å². The van der Waals surface area contributed by atoms with Gasteiger partial charge in [0.2, 0.25) is 0 Å². The first-order chi connectivity index (χ1) is 6.88. The summed E-state index contributed by atoms with van der Waals surface area (Å²) in [7, 11) is 1.58. The summed E-state index contributed by atoms with van der Waals surface area (Å²) in [4.78, 5) is 8.05. The second kappa shape index (κ2) is 4.23. The third kappa shape index (κ3) is 2.11. The molecule has 1 fully saturated rings. The lowest BCUT2D eigenvalue weighted by Gasteiger charge is -2.09. The molecular weight excluding hydrogens is 182 g/mol. The fourth-order valence-corrected chi connectivity index (χ4v) is 1.35. The first kappa shape index (κ1) is 9.21. The second-order valence-electron chi connectivity index (χ2n) is 3.14. The summed E-state index contributed by atoms with van der Waals surface area (Å²) < 4.78 is 10.5. The Kier molecular flexibility index (Phi) is 2.78. The third-order valence-corrected chi connectivity index (χ3v) is 2.13. The standard InChI is InChI=1S/C9H13N3O2/c1-13-8-5-11-9(12-6-8)14-7-2-3-10-4-7/h5-7,10H,2-4H2,1H3/t7-/m0/s1. The van der Waals surface area contributed by atoms with Crippen LogP contribution in [0.2, 0.25) is 0 Å². The largest absolute Gasteiger partial charge is 0.494 e. The van der Waals surface area contributed by atoms with E-state index in [0.717, 1.165) is 19.5 Å². The van der Waals surface area contributed by atoms with Crippen LogP contribution in [0.5, 0.6) is 11.8 Å². The van der Waals surface area contributed by atoms with Crippen molar-refractivity contribution in [1.82, 2.24) is 15.3 Å². The molecule has 1 aliphatic heterocycles. The van der Waals surface area contributed by atoms with Crippen molar-refractivity contribution in [3.63, 3.8) is 0 Å². The Bertz CT molecular complexity index is 283. The molecule has 14 heavy (non-hydrogen) atoms. The Morgan fingerprint density at radius 3 is 2.79 bits per heavy atom. The molecule has 2 heterocycles. The van der Waals surface area contributed by atoms with Crippen molar-refractivity contribution in [2.24, 2.45) is 0 Å². The van der Waals surface area contributed by atoms with Crippen LogP contribution in [0.3, 0.4) is 0 Å². The average molecular weight is 195 g/mol. The van der Waals surface area contributed by atoms with Crippen LogP contribution in [0.15, 0.2) is 12.4 Å². The fourth-order valence-electron chi connectivity index (χ4n) is 1.35. The van der Waals surface area contributed by atoms with Crippen LogP contribution in [-0.4, -0.2) is 36.3 Å². The molecule has 1 saturated heterocycles. The second-order valence-corrected chi connectivity index (χ2v) is 3.14. The average Bonchev–Trinajstić information content (AvgIpc) is 2.72. The number of nitrogens with zero attached hydrogens (tertiary/aromatic N) is 2. The van der Waals surface area contributed by atoms with Gasteiger partial charge in [0, 0.05) is 6.54 Å². The zero-order valence-corrected chi connectivity index (χ0v) is 8.06. The quantitative estimate of drug-likeness (QED) is 0.748. The third-order valence-electron chi connectivity index (χ3n) is 2.13. The molecule has 1 atom stereocenters.